The number of aryl methyl sites for hydroxylation is 2. The predicted molar refractivity (Wildman–Crippen MR) is 99.7 cm³/mol. The SMILES string of the molecule is Cc1cccc(OCCCCN2C(=O)CCc3cc([N+](=O)[O-])ccc32)c1. The van der Waals surface area contributed by atoms with Crippen LogP contribution < -0.4 is 9.64 Å². The minimum Gasteiger partial charge on any atom is -0.494 e. The molecule has 0 saturated carbocycles. The number of nitrogens with zero attached hydrogens (tertiary/aromatic N) is 2. The fourth-order valence-corrected chi connectivity index (χ4v) is 3.17. The van der Waals surface area contributed by atoms with Crippen LogP contribution in [0, 0.1) is 17.0 Å². The molecule has 136 valence electrons. The predicted octanol–water partition coefficient (Wildman–Crippen LogP) is 4.04. The number of anilines is 1. The molecule has 2 aromatic carbocycles. The van der Waals surface area contributed by atoms with Crippen molar-refractivity contribution in [3.05, 3.63) is 63.7 Å². The largest absolute Gasteiger partial charge is 0.494 e. The first kappa shape index (κ1) is 17.9. The number of carbonyl (C=O) groups is 1. The average Bonchev–Trinajstić information content (AvgIpc) is 2.62. The first-order valence-electron chi connectivity index (χ1n) is 8.82. The molecule has 1 aliphatic heterocycles. The molecular weight excluding hydrogens is 332 g/mol. The van der Waals surface area contributed by atoms with Gasteiger partial charge in [0.2, 0.25) is 5.91 Å². The number of nitro groups is 1. The highest BCUT2D eigenvalue weighted by atomic mass is 16.6. The van der Waals surface area contributed by atoms with Gasteiger partial charge in [-0.1, -0.05) is 12.1 Å². The number of benzene rings is 2. The van der Waals surface area contributed by atoms with E-state index in [1.165, 1.54) is 6.07 Å². The molecule has 0 N–H and O–H groups in total. The summed E-state index contributed by atoms with van der Waals surface area (Å²) in [5.41, 5.74) is 2.90. The maximum atomic E-state index is 12.3. The molecule has 1 heterocycles. The van der Waals surface area contributed by atoms with Gasteiger partial charge in [0.25, 0.3) is 5.69 Å². The van der Waals surface area contributed by atoms with Crippen molar-refractivity contribution in [2.75, 3.05) is 18.1 Å². The van der Waals surface area contributed by atoms with Crippen LogP contribution in [0.2, 0.25) is 0 Å². The topological polar surface area (TPSA) is 72.7 Å². The number of hydrogen-bond acceptors (Lipinski definition) is 4. The van der Waals surface area contributed by atoms with E-state index < -0.39 is 4.92 Å². The van der Waals surface area contributed by atoms with Gasteiger partial charge in [-0.15, -0.1) is 0 Å². The third kappa shape index (κ3) is 4.20. The van der Waals surface area contributed by atoms with Crippen LogP contribution in [0.3, 0.4) is 0 Å². The number of amides is 1. The minimum atomic E-state index is -0.399. The molecule has 0 saturated heterocycles. The van der Waals surface area contributed by atoms with Crippen molar-refractivity contribution in [3.63, 3.8) is 0 Å². The number of nitro benzene ring substituents is 1. The van der Waals surface area contributed by atoms with Crippen molar-refractivity contribution in [2.45, 2.75) is 32.6 Å². The van der Waals surface area contributed by atoms with Crippen molar-refractivity contribution in [3.8, 4) is 5.75 Å². The van der Waals surface area contributed by atoms with E-state index in [9.17, 15) is 14.9 Å². The highest BCUT2D eigenvalue weighted by Crippen LogP contribution is 2.31. The number of rotatable bonds is 7. The zero-order valence-corrected chi connectivity index (χ0v) is 14.8. The molecule has 26 heavy (non-hydrogen) atoms. The molecule has 0 aromatic heterocycles. The fraction of sp³-hybridized carbons (Fsp3) is 0.350. The third-order valence-corrected chi connectivity index (χ3v) is 4.51. The van der Waals surface area contributed by atoms with E-state index in [4.69, 9.17) is 4.74 Å². The second kappa shape index (κ2) is 7.99. The zero-order valence-electron chi connectivity index (χ0n) is 14.8. The summed E-state index contributed by atoms with van der Waals surface area (Å²) >= 11 is 0. The summed E-state index contributed by atoms with van der Waals surface area (Å²) in [5.74, 6) is 0.933. The Labute approximate surface area is 152 Å². The molecule has 0 unspecified atom stereocenters. The summed E-state index contributed by atoms with van der Waals surface area (Å²) in [4.78, 5) is 24.5. The molecule has 1 amide bonds. The van der Waals surface area contributed by atoms with Crippen molar-refractivity contribution >= 4 is 17.3 Å². The Morgan fingerprint density at radius 2 is 2.00 bits per heavy atom. The summed E-state index contributed by atoms with van der Waals surface area (Å²) in [6.45, 7) is 3.22. The lowest BCUT2D eigenvalue weighted by atomic mass is 10.00. The Morgan fingerprint density at radius 3 is 2.77 bits per heavy atom. The van der Waals surface area contributed by atoms with Crippen LogP contribution in [0.4, 0.5) is 11.4 Å². The second-order valence-electron chi connectivity index (χ2n) is 6.49. The lowest BCUT2D eigenvalue weighted by molar-refractivity contribution is -0.384. The van der Waals surface area contributed by atoms with Gasteiger partial charge in [-0.2, -0.15) is 0 Å². The van der Waals surface area contributed by atoms with Crippen molar-refractivity contribution in [1.29, 1.82) is 0 Å². The molecule has 1 aliphatic rings. The molecule has 0 aliphatic carbocycles. The van der Waals surface area contributed by atoms with Gasteiger partial charge in [-0.3, -0.25) is 14.9 Å². The minimum absolute atomic E-state index is 0.0737. The normalized spacial score (nSPS) is 13.4. The summed E-state index contributed by atoms with van der Waals surface area (Å²) < 4.78 is 5.74. The molecule has 6 heteroatoms. The van der Waals surface area contributed by atoms with E-state index in [0.717, 1.165) is 35.4 Å². The molecule has 3 rings (SSSR count). The van der Waals surface area contributed by atoms with Gasteiger partial charge in [0.15, 0.2) is 0 Å². The van der Waals surface area contributed by atoms with Gasteiger partial charge in [0.1, 0.15) is 5.75 Å². The Kier molecular flexibility index (Phi) is 5.51. The maximum absolute atomic E-state index is 12.3. The van der Waals surface area contributed by atoms with Gasteiger partial charge < -0.3 is 9.64 Å². The maximum Gasteiger partial charge on any atom is 0.269 e. The third-order valence-electron chi connectivity index (χ3n) is 4.51. The van der Waals surface area contributed by atoms with Crippen molar-refractivity contribution in [2.24, 2.45) is 0 Å². The van der Waals surface area contributed by atoms with Crippen LogP contribution in [0.15, 0.2) is 42.5 Å². The monoisotopic (exact) mass is 354 g/mol. The first-order valence-corrected chi connectivity index (χ1v) is 8.82. The van der Waals surface area contributed by atoms with E-state index in [-0.39, 0.29) is 11.6 Å². The Morgan fingerprint density at radius 1 is 1.15 bits per heavy atom. The van der Waals surface area contributed by atoms with Gasteiger partial charge >= 0.3 is 0 Å². The molecule has 6 nitrogen and oxygen atoms in total. The number of fused-ring (bicyclic) bond motifs is 1. The van der Waals surface area contributed by atoms with Crippen LogP contribution in [0.1, 0.15) is 30.4 Å². The van der Waals surface area contributed by atoms with Crippen LogP contribution in [0.25, 0.3) is 0 Å². The highest BCUT2D eigenvalue weighted by Gasteiger charge is 2.25. The van der Waals surface area contributed by atoms with E-state index in [2.05, 4.69) is 0 Å². The highest BCUT2D eigenvalue weighted by molar-refractivity contribution is 5.96. The van der Waals surface area contributed by atoms with Crippen LogP contribution in [0.5, 0.6) is 5.75 Å². The van der Waals surface area contributed by atoms with E-state index in [1.54, 1.807) is 17.0 Å². The summed E-state index contributed by atoms with van der Waals surface area (Å²) in [6.07, 6.45) is 2.60. The molecule has 0 fully saturated rings. The number of ether oxygens (including phenoxy) is 1. The summed E-state index contributed by atoms with van der Waals surface area (Å²) in [7, 11) is 0. The Hall–Kier alpha value is -2.89. The van der Waals surface area contributed by atoms with Crippen LogP contribution >= 0.6 is 0 Å². The van der Waals surface area contributed by atoms with Crippen LogP contribution in [-0.4, -0.2) is 24.0 Å². The van der Waals surface area contributed by atoms with E-state index in [0.29, 0.717) is 26.0 Å². The Bertz CT molecular complexity index is 819. The lowest BCUT2D eigenvalue weighted by Gasteiger charge is -2.29. The molecule has 0 atom stereocenters. The number of hydrogen-bond donors (Lipinski definition) is 0. The summed E-state index contributed by atoms with van der Waals surface area (Å²) in [5, 5.41) is 10.9. The van der Waals surface area contributed by atoms with E-state index >= 15 is 0 Å². The molecular formula is C20H22N2O4. The first-order chi connectivity index (χ1) is 12.5. The standard InChI is InChI=1S/C20H22N2O4/c1-15-5-4-6-18(13-15)26-12-3-2-11-21-19-9-8-17(22(24)25)14-16(19)7-10-20(21)23/h4-6,8-9,13-14H,2-3,7,10-12H2,1H3. The van der Waals surface area contributed by atoms with Crippen molar-refractivity contribution < 1.29 is 14.5 Å². The smallest absolute Gasteiger partial charge is 0.269 e. The molecule has 2 aromatic rings. The quantitative estimate of drug-likeness (QED) is 0.427. The molecule has 0 spiro atoms. The second-order valence-corrected chi connectivity index (χ2v) is 6.49. The fourth-order valence-electron chi connectivity index (χ4n) is 3.17. The average molecular weight is 354 g/mol. The van der Waals surface area contributed by atoms with Gasteiger partial charge in [-0.05, 0) is 55.5 Å². The van der Waals surface area contributed by atoms with Crippen LogP contribution in [-0.2, 0) is 11.2 Å². The van der Waals surface area contributed by atoms with Gasteiger partial charge in [-0.25, -0.2) is 0 Å². The summed E-state index contributed by atoms with van der Waals surface area (Å²) in [6, 6.07) is 12.7. The molecule has 0 radical (unpaired) electrons. The Balaban J connectivity index is 1.55. The number of unbranched alkanes of at least 4 members (excludes halogenated alkanes) is 1. The van der Waals surface area contributed by atoms with Crippen molar-refractivity contribution in [1.82, 2.24) is 0 Å². The molecule has 0 bridgehead atoms. The van der Waals surface area contributed by atoms with Gasteiger partial charge in [0.05, 0.1) is 11.5 Å². The number of non-ortho nitro benzene ring substituents is 1. The number of carbonyl (C=O) groups excluding carboxylic acids is 1. The van der Waals surface area contributed by atoms with E-state index in [1.807, 2.05) is 31.2 Å². The zero-order chi connectivity index (χ0) is 18.5. The lowest BCUT2D eigenvalue weighted by Crippen LogP contribution is -2.36. The van der Waals surface area contributed by atoms with Gasteiger partial charge in [0, 0.05) is 30.8 Å².